The van der Waals surface area contributed by atoms with Gasteiger partial charge in [0.15, 0.2) is 0 Å². The van der Waals surface area contributed by atoms with Crippen molar-refractivity contribution >= 4 is 17.9 Å². The maximum atomic E-state index is 12.4. The predicted octanol–water partition coefficient (Wildman–Crippen LogP) is 1.07. The van der Waals surface area contributed by atoms with Gasteiger partial charge in [-0.3, -0.25) is 14.4 Å². The number of carbonyl (C=O) groups excluding carboxylic acids is 3. The number of fused-ring (bicyclic) bond motifs is 1. The van der Waals surface area contributed by atoms with Crippen LogP contribution in [0.3, 0.4) is 0 Å². The van der Waals surface area contributed by atoms with Crippen molar-refractivity contribution in [2.45, 2.75) is 51.9 Å². The summed E-state index contributed by atoms with van der Waals surface area (Å²) < 4.78 is 16.1. The third-order valence-electron chi connectivity index (χ3n) is 4.53. The molecule has 0 spiro atoms. The van der Waals surface area contributed by atoms with E-state index in [-0.39, 0.29) is 17.8 Å². The molecule has 6 atom stereocenters. The van der Waals surface area contributed by atoms with E-state index in [0.717, 1.165) is 0 Å². The largest absolute Gasteiger partial charge is 0.460 e. The Hall–Kier alpha value is -1.59. The molecule has 1 heterocycles. The van der Waals surface area contributed by atoms with Gasteiger partial charge in [-0.2, -0.15) is 0 Å². The van der Waals surface area contributed by atoms with Crippen LogP contribution < -0.4 is 0 Å². The van der Waals surface area contributed by atoms with Crippen LogP contribution in [0.25, 0.3) is 0 Å². The summed E-state index contributed by atoms with van der Waals surface area (Å²) in [5, 5.41) is 0. The molecule has 0 aromatic heterocycles. The van der Waals surface area contributed by atoms with Gasteiger partial charge in [0.05, 0.1) is 11.8 Å². The Morgan fingerprint density at radius 2 is 1.90 bits per heavy atom. The Morgan fingerprint density at radius 1 is 1.24 bits per heavy atom. The second kappa shape index (κ2) is 4.45. The van der Waals surface area contributed by atoms with Crippen LogP contribution in [0.1, 0.15) is 34.1 Å². The minimum atomic E-state index is -0.613. The number of hydrogen-bond acceptors (Lipinski definition) is 6. The molecule has 6 unspecified atom stereocenters. The van der Waals surface area contributed by atoms with E-state index in [1.54, 1.807) is 20.8 Å². The second-order valence-electron chi connectivity index (χ2n) is 7.12. The minimum absolute atomic E-state index is 0.0376. The van der Waals surface area contributed by atoms with Gasteiger partial charge in [-0.15, -0.1) is 0 Å². The highest BCUT2D eigenvalue weighted by Gasteiger charge is 2.70. The lowest BCUT2D eigenvalue weighted by molar-refractivity contribution is -0.170. The Kier molecular flexibility index (Phi) is 3.04. The zero-order valence-corrected chi connectivity index (χ0v) is 12.6. The number of carbonyl (C=O) groups is 3. The lowest BCUT2D eigenvalue weighted by Gasteiger charge is -2.31. The molecule has 3 rings (SSSR count). The molecule has 116 valence electrons. The SMILES string of the molecule is CC(=O)OC1C2CC3C1OC(=O)C3C2C(=O)OC(C)(C)C. The summed E-state index contributed by atoms with van der Waals surface area (Å²) in [4.78, 5) is 35.7. The van der Waals surface area contributed by atoms with Gasteiger partial charge in [0, 0.05) is 18.8 Å². The van der Waals surface area contributed by atoms with E-state index in [0.29, 0.717) is 6.42 Å². The molecular weight excluding hydrogens is 276 g/mol. The van der Waals surface area contributed by atoms with E-state index >= 15 is 0 Å². The molecule has 0 radical (unpaired) electrons. The van der Waals surface area contributed by atoms with Crippen LogP contribution in [0, 0.1) is 23.7 Å². The molecule has 6 nitrogen and oxygen atoms in total. The van der Waals surface area contributed by atoms with Gasteiger partial charge in [-0.25, -0.2) is 0 Å². The maximum absolute atomic E-state index is 12.4. The minimum Gasteiger partial charge on any atom is -0.460 e. The molecule has 0 amide bonds. The summed E-state index contributed by atoms with van der Waals surface area (Å²) >= 11 is 0. The van der Waals surface area contributed by atoms with Crippen LogP contribution in [-0.2, 0) is 28.6 Å². The Bertz CT molecular complexity index is 505. The molecule has 21 heavy (non-hydrogen) atoms. The van der Waals surface area contributed by atoms with Crippen molar-refractivity contribution in [3.05, 3.63) is 0 Å². The quantitative estimate of drug-likeness (QED) is 0.560. The fourth-order valence-electron chi connectivity index (χ4n) is 4.03. The second-order valence-corrected chi connectivity index (χ2v) is 7.12. The normalized spacial score (nSPS) is 40.1. The lowest BCUT2D eigenvalue weighted by Crippen LogP contribution is -2.44. The van der Waals surface area contributed by atoms with E-state index < -0.39 is 41.6 Å². The molecule has 3 aliphatic rings. The molecule has 2 saturated carbocycles. The molecule has 2 bridgehead atoms. The molecule has 3 fully saturated rings. The van der Waals surface area contributed by atoms with E-state index in [9.17, 15) is 14.4 Å². The first-order valence-corrected chi connectivity index (χ1v) is 7.29. The zero-order chi connectivity index (χ0) is 15.5. The highest BCUT2D eigenvalue weighted by Crippen LogP contribution is 2.59. The van der Waals surface area contributed by atoms with Crippen molar-refractivity contribution in [2.24, 2.45) is 23.7 Å². The van der Waals surface area contributed by atoms with Crippen molar-refractivity contribution in [1.29, 1.82) is 0 Å². The van der Waals surface area contributed by atoms with Crippen LogP contribution in [0.15, 0.2) is 0 Å². The molecule has 1 aliphatic heterocycles. The molecule has 2 aliphatic carbocycles. The van der Waals surface area contributed by atoms with Gasteiger partial charge in [0.1, 0.15) is 17.8 Å². The average molecular weight is 296 g/mol. The highest BCUT2D eigenvalue weighted by atomic mass is 16.6. The fraction of sp³-hybridized carbons (Fsp3) is 0.800. The standard InChI is InChI=1S/C15H20O6/c1-6(16)19-11-8-5-7-9(13(17)20-12(7)11)10(8)14(18)21-15(2,3)4/h7-12H,5H2,1-4H3. The van der Waals surface area contributed by atoms with E-state index in [4.69, 9.17) is 14.2 Å². The van der Waals surface area contributed by atoms with Gasteiger partial charge in [0.2, 0.25) is 0 Å². The molecule has 0 aromatic carbocycles. The van der Waals surface area contributed by atoms with Gasteiger partial charge < -0.3 is 14.2 Å². The molecule has 6 heteroatoms. The van der Waals surface area contributed by atoms with Crippen molar-refractivity contribution in [3.63, 3.8) is 0 Å². The summed E-state index contributed by atoms with van der Waals surface area (Å²) in [6.45, 7) is 6.69. The van der Waals surface area contributed by atoms with Gasteiger partial charge in [-0.05, 0) is 27.2 Å². The van der Waals surface area contributed by atoms with Crippen LogP contribution >= 0.6 is 0 Å². The highest BCUT2D eigenvalue weighted by molar-refractivity contribution is 5.86. The summed E-state index contributed by atoms with van der Waals surface area (Å²) in [7, 11) is 0. The first-order valence-electron chi connectivity index (χ1n) is 7.29. The smallest absolute Gasteiger partial charge is 0.310 e. The third kappa shape index (κ3) is 2.21. The summed E-state index contributed by atoms with van der Waals surface area (Å²) in [5.41, 5.74) is -0.613. The van der Waals surface area contributed by atoms with Crippen LogP contribution in [0.2, 0.25) is 0 Å². The topological polar surface area (TPSA) is 78.9 Å². The monoisotopic (exact) mass is 296 g/mol. The Morgan fingerprint density at radius 3 is 2.48 bits per heavy atom. The molecule has 0 aromatic rings. The molecular formula is C15H20O6. The predicted molar refractivity (Wildman–Crippen MR) is 69.9 cm³/mol. The number of hydrogen-bond donors (Lipinski definition) is 0. The lowest BCUT2D eigenvalue weighted by atomic mass is 9.78. The van der Waals surface area contributed by atoms with Crippen molar-refractivity contribution in [1.82, 2.24) is 0 Å². The van der Waals surface area contributed by atoms with Crippen LogP contribution in [-0.4, -0.2) is 35.7 Å². The van der Waals surface area contributed by atoms with Crippen molar-refractivity contribution in [3.8, 4) is 0 Å². The van der Waals surface area contributed by atoms with Crippen LogP contribution in [0.4, 0.5) is 0 Å². The van der Waals surface area contributed by atoms with Gasteiger partial charge in [0.25, 0.3) is 0 Å². The summed E-state index contributed by atoms with van der Waals surface area (Å²) in [5.74, 6) is -2.41. The number of ether oxygens (including phenoxy) is 3. The number of esters is 3. The van der Waals surface area contributed by atoms with Gasteiger partial charge in [-0.1, -0.05) is 0 Å². The van der Waals surface area contributed by atoms with Crippen LogP contribution in [0.5, 0.6) is 0 Å². The maximum Gasteiger partial charge on any atom is 0.310 e. The van der Waals surface area contributed by atoms with E-state index in [1.165, 1.54) is 6.92 Å². The zero-order valence-electron chi connectivity index (χ0n) is 12.6. The molecule has 1 saturated heterocycles. The number of rotatable bonds is 2. The first-order chi connectivity index (χ1) is 9.69. The third-order valence-corrected chi connectivity index (χ3v) is 4.53. The van der Waals surface area contributed by atoms with E-state index in [2.05, 4.69) is 0 Å². The average Bonchev–Trinajstić information content (AvgIpc) is 2.88. The first kappa shape index (κ1) is 14.4. The van der Waals surface area contributed by atoms with E-state index in [1.807, 2.05) is 0 Å². The Balaban J connectivity index is 1.86. The molecule has 0 N–H and O–H groups in total. The van der Waals surface area contributed by atoms with Crippen molar-refractivity contribution < 1.29 is 28.6 Å². The Labute approximate surface area is 123 Å². The summed E-state index contributed by atoms with van der Waals surface area (Å²) in [6, 6.07) is 0. The van der Waals surface area contributed by atoms with Gasteiger partial charge >= 0.3 is 17.9 Å². The van der Waals surface area contributed by atoms with Crippen molar-refractivity contribution in [2.75, 3.05) is 0 Å². The fourth-order valence-corrected chi connectivity index (χ4v) is 4.03. The summed E-state index contributed by atoms with van der Waals surface area (Å²) in [6.07, 6.45) is -0.244.